The number of aliphatic hydroxyl groups is 1. The molecule has 0 spiro atoms. The van der Waals surface area contributed by atoms with Crippen LogP contribution in [-0.2, 0) is 22.6 Å². The van der Waals surface area contributed by atoms with E-state index in [1.807, 2.05) is 55.5 Å². The zero-order valence-corrected chi connectivity index (χ0v) is 18.4. The number of thioether (sulfide) groups is 1. The van der Waals surface area contributed by atoms with Gasteiger partial charge >= 0.3 is 0 Å². The molecule has 0 bridgehead atoms. The number of nitrogens with zero attached hydrogens (tertiary/aromatic N) is 2. The predicted octanol–water partition coefficient (Wildman–Crippen LogP) is 4.14. The fourth-order valence-corrected chi connectivity index (χ4v) is 5.19. The van der Waals surface area contributed by atoms with Gasteiger partial charge in [-0.15, -0.1) is 10.2 Å². The highest BCUT2D eigenvalue weighted by Gasteiger charge is 2.32. The quantitative estimate of drug-likeness (QED) is 0.531. The molecule has 6 nitrogen and oxygen atoms in total. The van der Waals surface area contributed by atoms with Gasteiger partial charge in [0.05, 0.1) is 18.8 Å². The number of aromatic nitrogens is 2. The summed E-state index contributed by atoms with van der Waals surface area (Å²) >= 11 is 3.27. The SMILES string of the molecule is Cc1nnc(SC[C@H]2C[C@@H](c3ccc(CO)cc3)O[C@@H](c3ccc(CN)cc3)O2)s1. The number of hydrogen-bond donors (Lipinski definition) is 2. The van der Waals surface area contributed by atoms with Crippen LogP contribution in [0.2, 0.25) is 0 Å². The molecule has 0 radical (unpaired) electrons. The number of benzene rings is 2. The average molecular weight is 444 g/mol. The normalized spacial score (nSPS) is 21.6. The van der Waals surface area contributed by atoms with Gasteiger partial charge in [0.1, 0.15) is 5.01 Å². The molecule has 1 saturated heterocycles. The zero-order chi connectivity index (χ0) is 20.9. The Morgan fingerprint density at radius 1 is 1.03 bits per heavy atom. The van der Waals surface area contributed by atoms with Crippen LogP contribution in [0.15, 0.2) is 52.9 Å². The summed E-state index contributed by atoms with van der Waals surface area (Å²) in [5.74, 6) is 0.778. The number of aryl methyl sites for hydroxylation is 1. The minimum atomic E-state index is -0.449. The second-order valence-electron chi connectivity index (χ2n) is 7.19. The number of rotatable bonds is 7. The molecule has 30 heavy (non-hydrogen) atoms. The van der Waals surface area contributed by atoms with E-state index in [0.717, 1.165) is 43.8 Å². The van der Waals surface area contributed by atoms with E-state index >= 15 is 0 Å². The van der Waals surface area contributed by atoms with Crippen molar-refractivity contribution in [2.24, 2.45) is 5.73 Å². The molecular formula is C22H25N3O3S2. The molecule has 0 unspecified atom stereocenters. The highest BCUT2D eigenvalue weighted by atomic mass is 32.2. The van der Waals surface area contributed by atoms with Crippen molar-refractivity contribution in [1.29, 1.82) is 0 Å². The number of aliphatic hydroxyl groups excluding tert-OH is 1. The molecule has 3 N–H and O–H groups in total. The minimum Gasteiger partial charge on any atom is -0.392 e. The zero-order valence-electron chi connectivity index (χ0n) is 16.7. The smallest absolute Gasteiger partial charge is 0.184 e. The van der Waals surface area contributed by atoms with Crippen molar-refractivity contribution in [3.63, 3.8) is 0 Å². The summed E-state index contributed by atoms with van der Waals surface area (Å²) in [6.45, 7) is 2.50. The first-order valence-electron chi connectivity index (χ1n) is 9.87. The fourth-order valence-electron chi connectivity index (χ4n) is 3.33. The van der Waals surface area contributed by atoms with E-state index in [1.165, 1.54) is 0 Å². The van der Waals surface area contributed by atoms with Gasteiger partial charge in [-0.3, -0.25) is 0 Å². The monoisotopic (exact) mass is 443 g/mol. The third-order valence-electron chi connectivity index (χ3n) is 5.00. The van der Waals surface area contributed by atoms with Crippen LogP contribution in [-0.4, -0.2) is 27.2 Å². The number of ether oxygens (including phenoxy) is 2. The van der Waals surface area contributed by atoms with E-state index in [1.54, 1.807) is 23.1 Å². The van der Waals surface area contributed by atoms with E-state index in [2.05, 4.69) is 10.2 Å². The second kappa shape index (κ2) is 10.00. The maximum Gasteiger partial charge on any atom is 0.184 e. The molecule has 1 aliphatic rings. The van der Waals surface area contributed by atoms with Gasteiger partial charge in [0.25, 0.3) is 0 Å². The Labute approximate surface area is 184 Å². The van der Waals surface area contributed by atoms with E-state index in [9.17, 15) is 5.11 Å². The first kappa shape index (κ1) is 21.4. The molecule has 0 amide bonds. The molecule has 2 heterocycles. The Kier molecular flexibility index (Phi) is 7.14. The van der Waals surface area contributed by atoms with Crippen LogP contribution in [0, 0.1) is 6.92 Å². The van der Waals surface area contributed by atoms with Crippen molar-refractivity contribution < 1.29 is 14.6 Å². The first-order valence-corrected chi connectivity index (χ1v) is 11.7. The van der Waals surface area contributed by atoms with Gasteiger partial charge in [-0.2, -0.15) is 0 Å². The van der Waals surface area contributed by atoms with Crippen molar-refractivity contribution in [3.05, 3.63) is 75.8 Å². The van der Waals surface area contributed by atoms with Crippen molar-refractivity contribution in [2.45, 2.75) is 49.3 Å². The molecule has 3 aromatic rings. The maximum absolute atomic E-state index is 9.32. The lowest BCUT2D eigenvalue weighted by atomic mass is 10.0. The molecule has 1 aliphatic heterocycles. The van der Waals surface area contributed by atoms with Crippen molar-refractivity contribution in [3.8, 4) is 0 Å². The summed E-state index contributed by atoms with van der Waals surface area (Å²) in [4.78, 5) is 0. The lowest BCUT2D eigenvalue weighted by molar-refractivity contribution is -0.245. The van der Waals surface area contributed by atoms with E-state index < -0.39 is 6.29 Å². The molecule has 8 heteroatoms. The van der Waals surface area contributed by atoms with Crippen molar-refractivity contribution in [2.75, 3.05) is 5.75 Å². The molecule has 158 valence electrons. The van der Waals surface area contributed by atoms with Gasteiger partial charge in [-0.05, 0) is 23.6 Å². The van der Waals surface area contributed by atoms with Crippen LogP contribution >= 0.6 is 23.1 Å². The molecule has 1 fully saturated rings. The second-order valence-corrected chi connectivity index (χ2v) is 9.64. The summed E-state index contributed by atoms with van der Waals surface area (Å²) in [6.07, 6.45) is 0.220. The maximum atomic E-state index is 9.32. The Bertz CT molecular complexity index is 892. The Hall–Kier alpha value is -1.81. The molecular weight excluding hydrogens is 418 g/mol. The van der Waals surface area contributed by atoms with Crippen LogP contribution in [0.25, 0.3) is 0 Å². The third-order valence-corrected chi connectivity index (χ3v) is 7.11. The van der Waals surface area contributed by atoms with Gasteiger partial charge in [0.15, 0.2) is 10.6 Å². The van der Waals surface area contributed by atoms with E-state index in [-0.39, 0.29) is 18.8 Å². The third kappa shape index (κ3) is 5.26. The number of hydrogen-bond acceptors (Lipinski definition) is 8. The molecule has 2 aromatic carbocycles. The van der Waals surface area contributed by atoms with Gasteiger partial charge in [0.2, 0.25) is 0 Å². The van der Waals surface area contributed by atoms with Crippen LogP contribution in [0.3, 0.4) is 0 Å². The molecule has 0 saturated carbocycles. The van der Waals surface area contributed by atoms with Gasteiger partial charge in [0, 0.05) is 24.3 Å². The van der Waals surface area contributed by atoms with Crippen LogP contribution in [0.4, 0.5) is 0 Å². The number of nitrogens with two attached hydrogens (primary N) is 1. The van der Waals surface area contributed by atoms with E-state index in [4.69, 9.17) is 15.2 Å². The molecule has 4 rings (SSSR count). The lowest BCUT2D eigenvalue weighted by Crippen LogP contribution is -2.31. The molecule has 1 aromatic heterocycles. The predicted molar refractivity (Wildman–Crippen MR) is 118 cm³/mol. The fraction of sp³-hybridized carbons (Fsp3) is 0.364. The van der Waals surface area contributed by atoms with E-state index in [0.29, 0.717) is 6.54 Å². The summed E-state index contributed by atoms with van der Waals surface area (Å²) in [7, 11) is 0. The standard InChI is InChI=1S/C22H25N3O3S2/c1-14-24-25-22(30-14)29-13-19-10-20(17-6-4-16(12-26)5-7-17)28-21(27-19)18-8-2-15(11-23)3-9-18/h2-9,19-21,26H,10-13,23H2,1H3/t19-,20+,21+/m1/s1. The molecule has 0 aliphatic carbocycles. The summed E-state index contributed by atoms with van der Waals surface area (Å²) < 4.78 is 13.6. The summed E-state index contributed by atoms with van der Waals surface area (Å²) in [5, 5.41) is 18.6. The largest absolute Gasteiger partial charge is 0.392 e. The van der Waals surface area contributed by atoms with Gasteiger partial charge < -0.3 is 20.3 Å². The van der Waals surface area contributed by atoms with Crippen LogP contribution < -0.4 is 5.73 Å². The van der Waals surface area contributed by atoms with Gasteiger partial charge in [-0.1, -0.05) is 71.6 Å². The topological polar surface area (TPSA) is 90.5 Å². The summed E-state index contributed by atoms with van der Waals surface area (Å²) in [6, 6.07) is 16.0. The molecule has 3 atom stereocenters. The minimum absolute atomic E-state index is 0.00894. The Morgan fingerprint density at radius 2 is 1.73 bits per heavy atom. The highest BCUT2D eigenvalue weighted by Crippen LogP contribution is 2.39. The van der Waals surface area contributed by atoms with Gasteiger partial charge in [-0.25, -0.2) is 0 Å². The van der Waals surface area contributed by atoms with Crippen LogP contribution in [0.5, 0.6) is 0 Å². The Morgan fingerprint density at radius 3 is 2.37 bits per heavy atom. The van der Waals surface area contributed by atoms with Crippen molar-refractivity contribution in [1.82, 2.24) is 10.2 Å². The highest BCUT2D eigenvalue weighted by molar-refractivity contribution is 8.01. The van der Waals surface area contributed by atoms with Crippen LogP contribution in [0.1, 0.15) is 46.1 Å². The Balaban J connectivity index is 1.52. The average Bonchev–Trinajstić information content (AvgIpc) is 3.22. The van der Waals surface area contributed by atoms with Crippen molar-refractivity contribution >= 4 is 23.1 Å². The first-order chi connectivity index (χ1) is 14.6. The lowest BCUT2D eigenvalue weighted by Gasteiger charge is -2.36. The summed E-state index contributed by atoms with van der Waals surface area (Å²) in [5.41, 5.74) is 9.75.